The maximum absolute atomic E-state index is 11.7. The fourth-order valence-corrected chi connectivity index (χ4v) is 2.46. The van der Waals surface area contributed by atoms with E-state index in [1.54, 1.807) is 6.08 Å². The monoisotopic (exact) mass is 339 g/mol. The van der Waals surface area contributed by atoms with Gasteiger partial charge in [0.25, 0.3) is 0 Å². The first kappa shape index (κ1) is 16.9. The summed E-state index contributed by atoms with van der Waals surface area (Å²) >= 11 is 3.38. The fourth-order valence-electron chi connectivity index (χ4n) is 2.05. The number of benzene rings is 1. The van der Waals surface area contributed by atoms with E-state index in [0.717, 1.165) is 22.9 Å². The SMILES string of the molecule is CCC(CC)C(O)CNC(=O)/C=C/c1cccc(Br)c1. The molecule has 0 aliphatic rings. The molecule has 0 aromatic heterocycles. The molecule has 0 saturated heterocycles. The molecule has 0 heterocycles. The molecule has 20 heavy (non-hydrogen) atoms. The lowest BCUT2D eigenvalue weighted by molar-refractivity contribution is -0.117. The van der Waals surface area contributed by atoms with Gasteiger partial charge in [-0.25, -0.2) is 0 Å². The quantitative estimate of drug-likeness (QED) is 0.748. The molecule has 1 rings (SSSR count). The molecule has 2 N–H and O–H groups in total. The Kier molecular flexibility index (Phi) is 7.55. The van der Waals surface area contributed by atoms with Gasteiger partial charge >= 0.3 is 0 Å². The highest BCUT2D eigenvalue weighted by molar-refractivity contribution is 9.10. The summed E-state index contributed by atoms with van der Waals surface area (Å²) in [6, 6.07) is 7.71. The molecule has 1 amide bonds. The van der Waals surface area contributed by atoms with E-state index in [2.05, 4.69) is 21.2 Å². The molecule has 1 atom stereocenters. The maximum Gasteiger partial charge on any atom is 0.244 e. The number of aliphatic hydroxyl groups excluding tert-OH is 1. The summed E-state index contributed by atoms with van der Waals surface area (Å²) in [6.45, 7) is 4.40. The molecule has 110 valence electrons. The Morgan fingerprint density at radius 3 is 2.70 bits per heavy atom. The Bertz CT molecular complexity index is 456. The van der Waals surface area contributed by atoms with Crippen LogP contribution in [0.15, 0.2) is 34.8 Å². The van der Waals surface area contributed by atoms with Crippen molar-refractivity contribution < 1.29 is 9.90 Å². The van der Waals surface area contributed by atoms with Crippen molar-refractivity contribution in [2.75, 3.05) is 6.54 Å². The Morgan fingerprint density at radius 2 is 2.10 bits per heavy atom. The highest BCUT2D eigenvalue weighted by Gasteiger charge is 2.15. The molecule has 0 fully saturated rings. The Morgan fingerprint density at radius 1 is 1.40 bits per heavy atom. The van der Waals surface area contributed by atoms with E-state index in [1.807, 2.05) is 38.1 Å². The van der Waals surface area contributed by atoms with Gasteiger partial charge < -0.3 is 10.4 Å². The summed E-state index contributed by atoms with van der Waals surface area (Å²) in [6.07, 6.45) is 4.60. The molecule has 0 aliphatic heterocycles. The van der Waals surface area contributed by atoms with Crippen LogP contribution < -0.4 is 5.32 Å². The number of amides is 1. The van der Waals surface area contributed by atoms with E-state index in [4.69, 9.17) is 0 Å². The van der Waals surface area contributed by atoms with Crippen LogP contribution in [0.5, 0.6) is 0 Å². The van der Waals surface area contributed by atoms with Gasteiger partial charge in [0.05, 0.1) is 6.10 Å². The van der Waals surface area contributed by atoms with Crippen LogP contribution in [0.2, 0.25) is 0 Å². The average molecular weight is 340 g/mol. The molecule has 0 bridgehead atoms. The van der Waals surface area contributed by atoms with Gasteiger partial charge in [0, 0.05) is 17.1 Å². The van der Waals surface area contributed by atoms with Gasteiger partial charge in [-0.2, -0.15) is 0 Å². The normalized spacial score (nSPS) is 12.8. The van der Waals surface area contributed by atoms with E-state index >= 15 is 0 Å². The van der Waals surface area contributed by atoms with Crippen LogP contribution in [0.3, 0.4) is 0 Å². The topological polar surface area (TPSA) is 49.3 Å². The number of halogens is 1. The third-order valence-corrected chi connectivity index (χ3v) is 3.85. The number of nitrogens with one attached hydrogen (secondary N) is 1. The minimum absolute atomic E-state index is 0.185. The second-order valence-electron chi connectivity index (χ2n) is 4.78. The summed E-state index contributed by atoms with van der Waals surface area (Å²) in [5.74, 6) is 0.0549. The van der Waals surface area contributed by atoms with Crippen LogP contribution in [-0.4, -0.2) is 23.7 Å². The third kappa shape index (κ3) is 5.88. The largest absolute Gasteiger partial charge is 0.391 e. The highest BCUT2D eigenvalue weighted by atomic mass is 79.9. The van der Waals surface area contributed by atoms with E-state index in [0.29, 0.717) is 6.54 Å². The van der Waals surface area contributed by atoms with E-state index in [-0.39, 0.29) is 11.8 Å². The molecule has 0 radical (unpaired) electrons. The predicted octanol–water partition coefficient (Wildman–Crippen LogP) is 3.38. The fraction of sp³-hybridized carbons (Fsp3) is 0.438. The highest BCUT2D eigenvalue weighted by Crippen LogP contribution is 2.13. The van der Waals surface area contributed by atoms with Gasteiger partial charge in [-0.05, 0) is 29.7 Å². The number of rotatable bonds is 7. The molecule has 4 heteroatoms. The maximum atomic E-state index is 11.7. The van der Waals surface area contributed by atoms with Crippen LogP contribution in [0.1, 0.15) is 32.3 Å². The van der Waals surface area contributed by atoms with Crippen molar-refractivity contribution in [3.63, 3.8) is 0 Å². The lowest BCUT2D eigenvalue weighted by atomic mass is 9.96. The minimum atomic E-state index is -0.479. The molecule has 0 aliphatic carbocycles. The molecule has 1 aromatic rings. The summed E-state index contributed by atoms with van der Waals surface area (Å²) in [5.41, 5.74) is 0.954. The Hall–Kier alpha value is -1.13. The number of carbonyl (C=O) groups excluding carboxylic acids is 1. The number of aliphatic hydroxyl groups is 1. The molecule has 3 nitrogen and oxygen atoms in total. The molecular formula is C16H22BrNO2. The summed E-state index contributed by atoms with van der Waals surface area (Å²) in [7, 11) is 0. The number of hydrogen-bond acceptors (Lipinski definition) is 2. The van der Waals surface area contributed by atoms with Crippen LogP contribution in [0, 0.1) is 5.92 Å². The molecule has 1 unspecified atom stereocenters. The average Bonchev–Trinajstić information content (AvgIpc) is 2.44. The van der Waals surface area contributed by atoms with Gasteiger partial charge in [0.15, 0.2) is 0 Å². The summed E-state index contributed by atoms with van der Waals surface area (Å²) < 4.78 is 0.976. The zero-order valence-corrected chi connectivity index (χ0v) is 13.6. The van der Waals surface area contributed by atoms with Crippen LogP contribution >= 0.6 is 15.9 Å². The van der Waals surface area contributed by atoms with E-state index in [1.165, 1.54) is 6.08 Å². The number of carbonyl (C=O) groups is 1. The summed E-state index contributed by atoms with van der Waals surface area (Å²) in [5, 5.41) is 12.7. The zero-order valence-electron chi connectivity index (χ0n) is 12.0. The van der Waals surface area contributed by atoms with E-state index in [9.17, 15) is 9.90 Å². The Balaban J connectivity index is 2.44. The zero-order chi connectivity index (χ0) is 15.0. The Labute approximate surface area is 129 Å². The van der Waals surface area contributed by atoms with Crippen LogP contribution in [-0.2, 0) is 4.79 Å². The van der Waals surface area contributed by atoms with Gasteiger partial charge in [0.2, 0.25) is 5.91 Å². The van der Waals surface area contributed by atoms with Crippen molar-refractivity contribution in [2.24, 2.45) is 5.92 Å². The van der Waals surface area contributed by atoms with Crippen molar-refractivity contribution >= 4 is 27.9 Å². The smallest absolute Gasteiger partial charge is 0.244 e. The van der Waals surface area contributed by atoms with Crippen molar-refractivity contribution in [3.05, 3.63) is 40.4 Å². The minimum Gasteiger partial charge on any atom is -0.391 e. The molecule has 1 aromatic carbocycles. The first-order chi connectivity index (χ1) is 9.56. The summed E-state index contributed by atoms with van der Waals surface area (Å²) in [4.78, 5) is 11.7. The van der Waals surface area contributed by atoms with Crippen molar-refractivity contribution in [1.82, 2.24) is 5.32 Å². The molecular weight excluding hydrogens is 318 g/mol. The predicted molar refractivity (Wildman–Crippen MR) is 86.3 cm³/mol. The van der Waals surface area contributed by atoms with Gasteiger partial charge in [0.1, 0.15) is 0 Å². The van der Waals surface area contributed by atoms with Gasteiger partial charge in [-0.3, -0.25) is 4.79 Å². The first-order valence-corrected chi connectivity index (χ1v) is 7.75. The molecule has 0 spiro atoms. The van der Waals surface area contributed by atoms with Crippen molar-refractivity contribution in [3.8, 4) is 0 Å². The van der Waals surface area contributed by atoms with Gasteiger partial charge in [-0.15, -0.1) is 0 Å². The van der Waals surface area contributed by atoms with E-state index < -0.39 is 6.10 Å². The third-order valence-electron chi connectivity index (χ3n) is 3.35. The van der Waals surface area contributed by atoms with Crippen LogP contribution in [0.4, 0.5) is 0 Å². The van der Waals surface area contributed by atoms with Crippen molar-refractivity contribution in [1.29, 1.82) is 0 Å². The van der Waals surface area contributed by atoms with Crippen molar-refractivity contribution in [2.45, 2.75) is 32.8 Å². The lowest BCUT2D eigenvalue weighted by Crippen LogP contribution is -2.35. The first-order valence-electron chi connectivity index (χ1n) is 6.96. The second-order valence-corrected chi connectivity index (χ2v) is 5.69. The number of hydrogen-bond donors (Lipinski definition) is 2. The van der Waals surface area contributed by atoms with Crippen LogP contribution in [0.25, 0.3) is 6.08 Å². The molecule has 0 saturated carbocycles. The lowest BCUT2D eigenvalue weighted by Gasteiger charge is -2.19. The standard InChI is InChI=1S/C16H22BrNO2/c1-3-13(4-2)15(19)11-18-16(20)9-8-12-6-5-7-14(17)10-12/h5-10,13,15,19H,3-4,11H2,1-2H3,(H,18,20)/b9-8+. The van der Waals surface area contributed by atoms with Gasteiger partial charge in [-0.1, -0.05) is 54.8 Å². The second kappa shape index (κ2) is 8.93.